The van der Waals surface area contributed by atoms with Gasteiger partial charge in [-0.2, -0.15) is 0 Å². The van der Waals surface area contributed by atoms with Crippen molar-refractivity contribution in [2.45, 2.75) is 51.1 Å². The topological polar surface area (TPSA) is 40.6 Å². The van der Waals surface area contributed by atoms with E-state index in [2.05, 4.69) is 4.90 Å². The first kappa shape index (κ1) is 20.0. The van der Waals surface area contributed by atoms with Crippen LogP contribution in [-0.2, 0) is 16.1 Å². The van der Waals surface area contributed by atoms with E-state index in [0.717, 1.165) is 29.8 Å². The summed E-state index contributed by atoms with van der Waals surface area (Å²) in [5.74, 6) is -0.386. The lowest BCUT2D eigenvalue weighted by atomic mass is 9.83. The van der Waals surface area contributed by atoms with Crippen LogP contribution in [0, 0.1) is 5.92 Å². The molecule has 0 spiro atoms. The fourth-order valence-corrected chi connectivity index (χ4v) is 5.41. The van der Waals surface area contributed by atoms with Crippen LogP contribution in [0.1, 0.15) is 55.2 Å². The van der Waals surface area contributed by atoms with Gasteiger partial charge < -0.3 is 0 Å². The third-order valence-corrected chi connectivity index (χ3v) is 7.20. The second-order valence-electron chi connectivity index (χ2n) is 8.73. The van der Waals surface area contributed by atoms with Crippen LogP contribution in [0.5, 0.6) is 0 Å². The van der Waals surface area contributed by atoms with Crippen molar-refractivity contribution in [1.29, 1.82) is 0 Å². The van der Waals surface area contributed by atoms with Gasteiger partial charge in [0.05, 0.1) is 5.69 Å². The van der Waals surface area contributed by atoms with Gasteiger partial charge in [0.15, 0.2) is 0 Å². The van der Waals surface area contributed by atoms with Crippen molar-refractivity contribution in [2.75, 3.05) is 11.4 Å². The lowest BCUT2D eigenvalue weighted by molar-refractivity contribution is -0.131. The number of imide groups is 1. The van der Waals surface area contributed by atoms with Crippen LogP contribution in [0.2, 0.25) is 10.0 Å². The minimum atomic E-state index is -0.152. The fourth-order valence-electron chi connectivity index (χ4n) is 4.84. The van der Waals surface area contributed by atoms with Gasteiger partial charge in [-0.25, -0.2) is 0 Å². The number of halogens is 2. The van der Waals surface area contributed by atoms with E-state index in [1.54, 1.807) is 6.07 Å². The van der Waals surface area contributed by atoms with Crippen molar-refractivity contribution in [3.63, 3.8) is 0 Å². The highest BCUT2D eigenvalue weighted by molar-refractivity contribution is 6.35. The molecule has 1 unspecified atom stereocenters. The molecule has 0 radical (unpaired) electrons. The van der Waals surface area contributed by atoms with Gasteiger partial charge in [0, 0.05) is 47.4 Å². The van der Waals surface area contributed by atoms with Crippen molar-refractivity contribution in [1.82, 2.24) is 4.90 Å². The monoisotopic (exact) mass is 442 g/mol. The van der Waals surface area contributed by atoms with Crippen LogP contribution in [0.15, 0.2) is 36.4 Å². The lowest BCUT2D eigenvalue weighted by Gasteiger charge is -2.38. The molecule has 2 aliphatic heterocycles. The van der Waals surface area contributed by atoms with E-state index in [-0.39, 0.29) is 23.7 Å². The molecule has 2 aromatic carbocycles. The van der Waals surface area contributed by atoms with Crippen molar-refractivity contribution in [2.24, 2.45) is 5.92 Å². The summed E-state index contributed by atoms with van der Waals surface area (Å²) < 4.78 is 0. The first-order valence-electron chi connectivity index (χ1n) is 10.6. The van der Waals surface area contributed by atoms with Crippen molar-refractivity contribution < 1.29 is 9.59 Å². The molecular formula is C24H24Cl2N2O2. The molecule has 2 amide bonds. The minimum absolute atomic E-state index is 0.000386. The molecule has 2 heterocycles. The maximum absolute atomic E-state index is 13.0. The van der Waals surface area contributed by atoms with Gasteiger partial charge in [0.1, 0.15) is 0 Å². The number of hydrogen-bond acceptors (Lipinski definition) is 3. The second-order valence-corrected chi connectivity index (χ2v) is 9.58. The molecule has 0 aromatic heterocycles. The number of fused-ring (bicyclic) bond motifs is 1. The van der Waals surface area contributed by atoms with Gasteiger partial charge in [0.2, 0.25) is 11.8 Å². The summed E-state index contributed by atoms with van der Waals surface area (Å²) >= 11 is 13.0. The summed E-state index contributed by atoms with van der Waals surface area (Å²) in [4.78, 5) is 29.6. The highest BCUT2D eigenvalue weighted by atomic mass is 35.5. The Morgan fingerprint density at radius 3 is 2.53 bits per heavy atom. The molecule has 2 atom stereocenters. The molecule has 1 saturated carbocycles. The number of carbonyl (C=O) groups excluding carboxylic acids is 2. The van der Waals surface area contributed by atoms with Crippen LogP contribution >= 0.6 is 23.2 Å². The summed E-state index contributed by atoms with van der Waals surface area (Å²) in [5.41, 5.74) is 3.88. The Morgan fingerprint density at radius 2 is 1.77 bits per heavy atom. The highest BCUT2D eigenvalue weighted by Gasteiger charge is 2.39. The number of para-hydroxylation sites is 1. The lowest BCUT2D eigenvalue weighted by Crippen LogP contribution is -2.45. The molecule has 0 N–H and O–H groups in total. The largest absolute Gasteiger partial charge is 0.295 e. The van der Waals surface area contributed by atoms with Crippen LogP contribution < -0.4 is 4.90 Å². The Bertz CT molecular complexity index is 1030. The van der Waals surface area contributed by atoms with Gasteiger partial charge >= 0.3 is 0 Å². The van der Waals surface area contributed by atoms with E-state index >= 15 is 0 Å². The summed E-state index contributed by atoms with van der Waals surface area (Å²) in [7, 11) is 0. The molecule has 2 aromatic rings. The molecule has 0 bridgehead atoms. The number of hydrogen-bond donors (Lipinski definition) is 0. The number of anilines is 1. The zero-order chi connectivity index (χ0) is 21.0. The summed E-state index contributed by atoms with van der Waals surface area (Å²) in [6.07, 6.45) is 3.42. The number of rotatable bonds is 3. The highest BCUT2D eigenvalue weighted by Crippen LogP contribution is 2.45. The van der Waals surface area contributed by atoms with Gasteiger partial charge in [0.25, 0.3) is 0 Å². The van der Waals surface area contributed by atoms with E-state index in [1.807, 2.05) is 37.3 Å². The predicted molar refractivity (Wildman–Crippen MR) is 119 cm³/mol. The van der Waals surface area contributed by atoms with Crippen molar-refractivity contribution >= 4 is 40.7 Å². The SMILES string of the molecule is CC1CCC(=O)N(c2ccccc2[C@@H]2CN(C3CC3)Cc3c(Cl)cc(Cl)cc32)C1=O. The first-order valence-corrected chi connectivity index (χ1v) is 11.4. The van der Waals surface area contributed by atoms with Crippen molar-refractivity contribution in [3.05, 3.63) is 63.1 Å². The molecule has 6 heteroatoms. The van der Waals surface area contributed by atoms with E-state index < -0.39 is 0 Å². The Kier molecular flexibility index (Phi) is 5.12. The Hall–Kier alpha value is -1.88. The fraction of sp³-hybridized carbons (Fsp3) is 0.417. The summed E-state index contributed by atoms with van der Waals surface area (Å²) in [6, 6.07) is 12.2. The Morgan fingerprint density at radius 1 is 1.00 bits per heavy atom. The molecule has 156 valence electrons. The standard InChI is InChI=1S/C24H24Cl2N2O2/c1-14-6-9-23(29)28(24(14)30)22-5-3-2-4-17(22)19-12-27(16-7-8-16)13-20-18(19)10-15(25)11-21(20)26/h2-5,10-11,14,16,19H,6-9,12-13H2,1H3/t14?,19-/m0/s1. The third kappa shape index (κ3) is 3.45. The minimum Gasteiger partial charge on any atom is -0.295 e. The molecule has 1 saturated heterocycles. The van der Waals surface area contributed by atoms with E-state index in [9.17, 15) is 9.59 Å². The average molecular weight is 443 g/mol. The van der Waals surface area contributed by atoms with Crippen LogP contribution in [0.4, 0.5) is 5.69 Å². The van der Waals surface area contributed by atoms with Gasteiger partial charge in [-0.05, 0) is 54.2 Å². The molecule has 5 rings (SSSR count). The number of carbonyl (C=O) groups is 2. The number of nitrogens with zero attached hydrogens (tertiary/aromatic N) is 2. The molecule has 3 aliphatic rings. The maximum Gasteiger partial charge on any atom is 0.236 e. The maximum atomic E-state index is 13.0. The molecule has 4 nitrogen and oxygen atoms in total. The van der Waals surface area contributed by atoms with Crippen LogP contribution in [-0.4, -0.2) is 29.3 Å². The molecule has 1 aliphatic carbocycles. The smallest absolute Gasteiger partial charge is 0.236 e. The molecule has 2 fully saturated rings. The second kappa shape index (κ2) is 7.67. The summed E-state index contributed by atoms with van der Waals surface area (Å²) in [5, 5.41) is 1.30. The Labute approximate surface area is 186 Å². The van der Waals surface area contributed by atoms with Gasteiger partial charge in [-0.1, -0.05) is 48.3 Å². The predicted octanol–water partition coefficient (Wildman–Crippen LogP) is 5.39. The van der Waals surface area contributed by atoms with Gasteiger partial charge in [-0.15, -0.1) is 0 Å². The van der Waals surface area contributed by atoms with E-state index in [4.69, 9.17) is 23.2 Å². The third-order valence-electron chi connectivity index (χ3n) is 6.65. The number of piperidine rings is 1. The quantitative estimate of drug-likeness (QED) is 0.597. The zero-order valence-corrected chi connectivity index (χ0v) is 18.4. The number of benzene rings is 2. The van der Waals surface area contributed by atoms with Crippen molar-refractivity contribution in [3.8, 4) is 0 Å². The Balaban J connectivity index is 1.64. The zero-order valence-electron chi connectivity index (χ0n) is 16.9. The van der Waals surface area contributed by atoms with Crippen LogP contribution in [0.3, 0.4) is 0 Å². The average Bonchev–Trinajstić information content (AvgIpc) is 3.56. The first-order chi connectivity index (χ1) is 14.4. The van der Waals surface area contributed by atoms with E-state index in [0.29, 0.717) is 34.6 Å². The van der Waals surface area contributed by atoms with E-state index in [1.165, 1.54) is 17.7 Å². The molecular weight excluding hydrogens is 419 g/mol. The molecule has 30 heavy (non-hydrogen) atoms. The number of amides is 2. The van der Waals surface area contributed by atoms with Gasteiger partial charge in [-0.3, -0.25) is 19.4 Å². The normalized spacial score (nSPS) is 24.8. The van der Waals surface area contributed by atoms with Crippen LogP contribution in [0.25, 0.3) is 0 Å². The summed E-state index contributed by atoms with van der Waals surface area (Å²) in [6.45, 7) is 3.54.